The molecule has 1 fully saturated rings. The molecule has 6 nitrogen and oxygen atoms in total. The average molecular weight is 346 g/mol. The molecule has 1 saturated heterocycles. The quantitative estimate of drug-likeness (QED) is 0.792. The molecule has 0 bridgehead atoms. The van der Waals surface area contributed by atoms with E-state index < -0.39 is 0 Å². The monoisotopic (exact) mass is 346 g/mol. The molecule has 128 valence electrons. The van der Waals surface area contributed by atoms with Gasteiger partial charge >= 0.3 is 0 Å². The summed E-state index contributed by atoms with van der Waals surface area (Å²) in [4.78, 5) is 22.4. The Labute approximate surface area is 146 Å². The summed E-state index contributed by atoms with van der Waals surface area (Å²) in [5.41, 5.74) is 1.84. The maximum Gasteiger partial charge on any atom is 0.254 e. The summed E-state index contributed by atoms with van der Waals surface area (Å²) < 4.78 is 5.00. The fraction of sp³-hybridized carbons (Fsp3) is 0.471. The van der Waals surface area contributed by atoms with Crippen LogP contribution >= 0.6 is 11.8 Å². The molecule has 7 heteroatoms. The highest BCUT2D eigenvalue weighted by Gasteiger charge is 2.24. The van der Waals surface area contributed by atoms with Gasteiger partial charge in [0.25, 0.3) is 5.91 Å². The summed E-state index contributed by atoms with van der Waals surface area (Å²) in [5, 5.41) is 3.93. The van der Waals surface area contributed by atoms with Crippen molar-refractivity contribution in [1.29, 1.82) is 0 Å². The Bertz CT molecular complexity index is 723. The van der Waals surface area contributed by atoms with Crippen molar-refractivity contribution in [1.82, 2.24) is 19.9 Å². The number of rotatable bonds is 4. The number of aromatic nitrogens is 2. The summed E-state index contributed by atoms with van der Waals surface area (Å²) in [6, 6.07) is 6.08. The lowest BCUT2D eigenvalue weighted by molar-refractivity contribution is 0.0623. The van der Waals surface area contributed by atoms with E-state index in [4.69, 9.17) is 4.52 Å². The fourth-order valence-corrected chi connectivity index (χ4v) is 3.28. The fourth-order valence-electron chi connectivity index (χ4n) is 2.84. The molecule has 1 amide bonds. The van der Waals surface area contributed by atoms with Crippen LogP contribution in [0, 0.1) is 13.8 Å². The Balaban J connectivity index is 1.61. The summed E-state index contributed by atoms with van der Waals surface area (Å²) >= 11 is 1.66. The summed E-state index contributed by atoms with van der Waals surface area (Å²) in [6.07, 6.45) is 2.03. The number of benzene rings is 1. The largest absolute Gasteiger partial charge is 0.340 e. The normalized spacial score (nSPS) is 15.7. The van der Waals surface area contributed by atoms with E-state index in [0.29, 0.717) is 18.3 Å². The van der Waals surface area contributed by atoms with Crippen LogP contribution in [0.1, 0.15) is 27.6 Å². The van der Waals surface area contributed by atoms with Gasteiger partial charge in [-0.25, -0.2) is 0 Å². The number of amides is 1. The number of piperazine rings is 1. The van der Waals surface area contributed by atoms with E-state index in [-0.39, 0.29) is 5.91 Å². The van der Waals surface area contributed by atoms with Crippen LogP contribution in [0.4, 0.5) is 0 Å². The van der Waals surface area contributed by atoms with E-state index in [2.05, 4.69) is 21.1 Å². The molecule has 0 radical (unpaired) electrons. The van der Waals surface area contributed by atoms with Crippen LogP contribution < -0.4 is 0 Å². The minimum absolute atomic E-state index is 0.124. The van der Waals surface area contributed by atoms with Crippen molar-refractivity contribution in [3.05, 3.63) is 41.0 Å². The summed E-state index contributed by atoms with van der Waals surface area (Å²) in [5.74, 6) is 1.41. The van der Waals surface area contributed by atoms with Gasteiger partial charge in [0, 0.05) is 43.6 Å². The minimum atomic E-state index is 0.124. The molecule has 1 aromatic carbocycles. The third-order valence-electron chi connectivity index (χ3n) is 4.27. The smallest absolute Gasteiger partial charge is 0.254 e. The van der Waals surface area contributed by atoms with Crippen LogP contribution in [0.15, 0.2) is 27.6 Å². The van der Waals surface area contributed by atoms with Crippen molar-refractivity contribution in [2.24, 2.45) is 0 Å². The number of hydrogen-bond donors (Lipinski definition) is 0. The number of thioether (sulfide) groups is 1. The van der Waals surface area contributed by atoms with Crippen LogP contribution in [0.5, 0.6) is 0 Å². The maximum atomic E-state index is 12.8. The van der Waals surface area contributed by atoms with Crippen molar-refractivity contribution in [2.75, 3.05) is 32.4 Å². The van der Waals surface area contributed by atoms with Gasteiger partial charge in [0.1, 0.15) is 0 Å². The SMILES string of the molecule is CSc1ccc(C)c(C(=O)N2CCN(Cc3noc(C)n3)CC2)c1. The summed E-state index contributed by atoms with van der Waals surface area (Å²) in [7, 11) is 0. The molecule has 2 aromatic rings. The van der Waals surface area contributed by atoms with Gasteiger partial charge in [-0.15, -0.1) is 11.8 Å². The third kappa shape index (κ3) is 3.79. The average Bonchev–Trinajstić information content (AvgIpc) is 3.00. The molecule has 1 aliphatic rings. The molecule has 1 aliphatic heterocycles. The predicted octanol–water partition coefficient (Wildman–Crippen LogP) is 2.37. The van der Waals surface area contributed by atoms with Crippen LogP contribution in [-0.4, -0.2) is 58.3 Å². The van der Waals surface area contributed by atoms with Gasteiger partial charge in [0.15, 0.2) is 5.82 Å². The van der Waals surface area contributed by atoms with Crippen molar-refractivity contribution in [3.8, 4) is 0 Å². The minimum Gasteiger partial charge on any atom is -0.340 e. The molecule has 1 aromatic heterocycles. The van der Waals surface area contributed by atoms with Gasteiger partial charge in [0.05, 0.1) is 6.54 Å². The first-order valence-electron chi connectivity index (χ1n) is 8.02. The first-order chi connectivity index (χ1) is 11.6. The first-order valence-corrected chi connectivity index (χ1v) is 9.25. The lowest BCUT2D eigenvalue weighted by Crippen LogP contribution is -2.48. The van der Waals surface area contributed by atoms with Gasteiger partial charge in [-0.1, -0.05) is 11.2 Å². The molecule has 0 unspecified atom stereocenters. The van der Waals surface area contributed by atoms with Gasteiger partial charge in [0.2, 0.25) is 5.89 Å². The van der Waals surface area contributed by atoms with Crippen LogP contribution in [0.25, 0.3) is 0 Å². The molecule has 24 heavy (non-hydrogen) atoms. The molecule has 3 rings (SSSR count). The maximum absolute atomic E-state index is 12.8. The Morgan fingerprint density at radius 3 is 2.62 bits per heavy atom. The standard InChI is InChI=1S/C17H22N4O2S/c1-12-4-5-14(24-3)10-15(12)17(22)21-8-6-20(7-9-21)11-16-18-13(2)23-19-16/h4-5,10H,6-9,11H2,1-3H3. The highest BCUT2D eigenvalue weighted by molar-refractivity contribution is 7.98. The summed E-state index contributed by atoms with van der Waals surface area (Å²) in [6.45, 7) is 7.53. The van der Waals surface area contributed by atoms with E-state index in [0.717, 1.165) is 42.2 Å². The molecule has 0 aliphatic carbocycles. The van der Waals surface area contributed by atoms with Crippen molar-refractivity contribution < 1.29 is 9.32 Å². The van der Waals surface area contributed by atoms with E-state index >= 15 is 0 Å². The molecule has 0 N–H and O–H groups in total. The lowest BCUT2D eigenvalue weighted by Gasteiger charge is -2.34. The predicted molar refractivity (Wildman–Crippen MR) is 93.2 cm³/mol. The van der Waals surface area contributed by atoms with Crippen LogP contribution in [0.3, 0.4) is 0 Å². The van der Waals surface area contributed by atoms with Crippen molar-refractivity contribution >= 4 is 17.7 Å². The highest BCUT2D eigenvalue weighted by Crippen LogP contribution is 2.21. The number of nitrogens with zero attached hydrogens (tertiary/aromatic N) is 4. The Kier molecular flexibility index (Phi) is 5.20. The number of carbonyl (C=O) groups excluding carboxylic acids is 1. The number of aryl methyl sites for hydroxylation is 2. The van der Waals surface area contributed by atoms with E-state index in [1.54, 1.807) is 18.7 Å². The van der Waals surface area contributed by atoms with Crippen LogP contribution in [0.2, 0.25) is 0 Å². The highest BCUT2D eigenvalue weighted by atomic mass is 32.2. The molecule has 0 spiro atoms. The van der Waals surface area contributed by atoms with Crippen LogP contribution in [-0.2, 0) is 6.54 Å². The molecule has 2 heterocycles. The molecule has 0 saturated carbocycles. The second-order valence-electron chi connectivity index (χ2n) is 5.98. The Hall–Kier alpha value is -1.86. The zero-order chi connectivity index (χ0) is 17.1. The van der Waals surface area contributed by atoms with Gasteiger partial charge in [-0.2, -0.15) is 4.98 Å². The van der Waals surface area contributed by atoms with Gasteiger partial charge in [-0.3, -0.25) is 9.69 Å². The van der Waals surface area contributed by atoms with E-state index in [1.165, 1.54) is 0 Å². The van der Waals surface area contributed by atoms with Crippen molar-refractivity contribution in [2.45, 2.75) is 25.3 Å². The second-order valence-corrected chi connectivity index (χ2v) is 6.86. The molecule has 0 atom stereocenters. The number of carbonyl (C=O) groups is 1. The molecular formula is C17H22N4O2S. The number of hydrogen-bond acceptors (Lipinski definition) is 6. The van der Waals surface area contributed by atoms with Crippen molar-refractivity contribution in [3.63, 3.8) is 0 Å². The van der Waals surface area contributed by atoms with Gasteiger partial charge in [-0.05, 0) is 30.9 Å². The Morgan fingerprint density at radius 1 is 1.25 bits per heavy atom. The zero-order valence-electron chi connectivity index (χ0n) is 14.3. The zero-order valence-corrected chi connectivity index (χ0v) is 15.1. The second kappa shape index (κ2) is 7.36. The third-order valence-corrected chi connectivity index (χ3v) is 4.99. The molecular weight excluding hydrogens is 324 g/mol. The van der Waals surface area contributed by atoms with Gasteiger partial charge < -0.3 is 9.42 Å². The van der Waals surface area contributed by atoms with E-state index in [9.17, 15) is 4.79 Å². The van der Waals surface area contributed by atoms with E-state index in [1.807, 2.05) is 30.2 Å². The lowest BCUT2D eigenvalue weighted by atomic mass is 10.1. The Morgan fingerprint density at radius 2 is 2.00 bits per heavy atom. The first kappa shape index (κ1) is 17.0. The topological polar surface area (TPSA) is 62.5 Å².